The minimum absolute atomic E-state index is 0.132. The van der Waals surface area contributed by atoms with E-state index in [2.05, 4.69) is 35.1 Å². The summed E-state index contributed by atoms with van der Waals surface area (Å²) in [7, 11) is 0. The SMILES string of the molecule is CCC(C(=O)NCC(C)C)N(Cc1ccccc1)C(=O)COc1ccc(C(C)C)cc1Br. The molecule has 5 nitrogen and oxygen atoms in total. The van der Waals surface area contributed by atoms with Gasteiger partial charge in [-0.15, -0.1) is 0 Å². The van der Waals surface area contributed by atoms with Crippen molar-refractivity contribution in [3.8, 4) is 5.75 Å². The lowest BCUT2D eigenvalue weighted by molar-refractivity contribution is -0.143. The van der Waals surface area contributed by atoms with E-state index in [0.717, 1.165) is 10.0 Å². The van der Waals surface area contributed by atoms with Crippen LogP contribution in [0.2, 0.25) is 0 Å². The number of halogens is 1. The summed E-state index contributed by atoms with van der Waals surface area (Å²) in [5, 5.41) is 2.97. The molecule has 0 aliphatic heterocycles. The van der Waals surface area contributed by atoms with E-state index in [-0.39, 0.29) is 18.4 Å². The molecule has 0 spiro atoms. The second-order valence-electron chi connectivity index (χ2n) is 8.70. The monoisotopic (exact) mass is 502 g/mol. The van der Waals surface area contributed by atoms with E-state index in [1.165, 1.54) is 5.56 Å². The van der Waals surface area contributed by atoms with Gasteiger partial charge in [0.25, 0.3) is 5.91 Å². The van der Waals surface area contributed by atoms with Crippen molar-refractivity contribution < 1.29 is 14.3 Å². The van der Waals surface area contributed by atoms with E-state index in [9.17, 15) is 9.59 Å². The number of nitrogens with one attached hydrogen (secondary N) is 1. The summed E-state index contributed by atoms with van der Waals surface area (Å²) >= 11 is 3.54. The molecule has 1 atom stereocenters. The molecule has 2 aromatic rings. The van der Waals surface area contributed by atoms with Gasteiger partial charge in [-0.1, -0.05) is 71.0 Å². The van der Waals surface area contributed by atoms with Crippen molar-refractivity contribution in [1.29, 1.82) is 0 Å². The summed E-state index contributed by atoms with van der Waals surface area (Å²) in [4.78, 5) is 27.8. The highest BCUT2D eigenvalue weighted by Gasteiger charge is 2.29. The largest absolute Gasteiger partial charge is 0.483 e. The van der Waals surface area contributed by atoms with Crippen LogP contribution in [0.4, 0.5) is 0 Å². The van der Waals surface area contributed by atoms with Crippen LogP contribution in [0.1, 0.15) is 58.1 Å². The zero-order chi connectivity index (χ0) is 23.7. The number of carbonyl (C=O) groups is 2. The Morgan fingerprint density at radius 1 is 1.06 bits per heavy atom. The third-order valence-electron chi connectivity index (χ3n) is 5.24. The van der Waals surface area contributed by atoms with Crippen molar-refractivity contribution in [2.75, 3.05) is 13.2 Å². The van der Waals surface area contributed by atoms with Gasteiger partial charge in [-0.2, -0.15) is 0 Å². The maximum atomic E-state index is 13.3. The highest BCUT2D eigenvalue weighted by molar-refractivity contribution is 9.10. The van der Waals surface area contributed by atoms with E-state index in [4.69, 9.17) is 4.74 Å². The van der Waals surface area contributed by atoms with Gasteiger partial charge >= 0.3 is 0 Å². The fourth-order valence-corrected chi connectivity index (χ4v) is 3.85. The Bertz CT molecular complexity index is 884. The second-order valence-corrected chi connectivity index (χ2v) is 9.56. The summed E-state index contributed by atoms with van der Waals surface area (Å²) in [5.74, 6) is 0.995. The fourth-order valence-electron chi connectivity index (χ4n) is 3.34. The molecule has 1 unspecified atom stereocenters. The van der Waals surface area contributed by atoms with Gasteiger partial charge in [0.2, 0.25) is 5.91 Å². The van der Waals surface area contributed by atoms with Gasteiger partial charge < -0.3 is 15.0 Å². The zero-order valence-electron chi connectivity index (χ0n) is 19.7. The molecule has 174 valence electrons. The summed E-state index contributed by atoms with van der Waals surface area (Å²) in [6.07, 6.45) is 0.523. The molecule has 32 heavy (non-hydrogen) atoms. The van der Waals surface area contributed by atoms with Crippen LogP contribution < -0.4 is 10.1 Å². The molecule has 1 N–H and O–H groups in total. The summed E-state index contributed by atoms with van der Waals surface area (Å²) in [6.45, 7) is 11.1. The lowest BCUT2D eigenvalue weighted by Crippen LogP contribution is -2.50. The minimum Gasteiger partial charge on any atom is -0.483 e. The van der Waals surface area contributed by atoms with Crippen LogP contribution in [0.15, 0.2) is 53.0 Å². The number of benzene rings is 2. The predicted molar refractivity (Wildman–Crippen MR) is 133 cm³/mol. The Labute approximate surface area is 200 Å². The van der Waals surface area contributed by atoms with Crippen LogP contribution in [0, 0.1) is 5.92 Å². The van der Waals surface area contributed by atoms with Gasteiger partial charge in [0.1, 0.15) is 11.8 Å². The van der Waals surface area contributed by atoms with Crippen molar-refractivity contribution in [2.24, 2.45) is 5.92 Å². The number of nitrogens with zero attached hydrogens (tertiary/aromatic N) is 1. The lowest BCUT2D eigenvalue weighted by atomic mass is 10.0. The quantitative estimate of drug-likeness (QED) is 0.439. The van der Waals surface area contributed by atoms with E-state index in [1.54, 1.807) is 4.90 Å². The molecule has 0 radical (unpaired) electrons. The van der Waals surface area contributed by atoms with Crippen LogP contribution in [0.25, 0.3) is 0 Å². The molecule has 0 heterocycles. The number of ether oxygens (including phenoxy) is 1. The molecular weight excluding hydrogens is 468 g/mol. The maximum absolute atomic E-state index is 13.3. The maximum Gasteiger partial charge on any atom is 0.261 e. The summed E-state index contributed by atoms with van der Waals surface area (Å²) in [6, 6.07) is 15.1. The lowest BCUT2D eigenvalue weighted by Gasteiger charge is -2.31. The van der Waals surface area contributed by atoms with Crippen molar-refractivity contribution in [2.45, 2.75) is 59.5 Å². The van der Waals surface area contributed by atoms with E-state index in [0.29, 0.717) is 37.1 Å². The molecule has 2 aromatic carbocycles. The van der Waals surface area contributed by atoms with Crippen LogP contribution in [0.5, 0.6) is 5.75 Å². The fraction of sp³-hybridized carbons (Fsp3) is 0.462. The Morgan fingerprint density at radius 2 is 1.75 bits per heavy atom. The number of rotatable bonds is 11. The predicted octanol–water partition coefficient (Wildman–Crippen LogP) is 5.53. The molecule has 0 aromatic heterocycles. The van der Waals surface area contributed by atoms with Gasteiger partial charge in [0, 0.05) is 13.1 Å². The van der Waals surface area contributed by atoms with Gasteiger partial charge in [-0.25, -0.2) is 0 Å². The molecule has 6 heteroatoms. The molecule has 0 aliphatic rings. The second kappa shape index (κ2) is 12.6. The Hall–Kier alpha value is -2.34. The molecule has 2 amide bonds. The van der Waals surface area contributed by atoms with Crippen molar-refractivity contribution in [3.63, 3.8) is 0 Å². The third kappa shape index (κ3) is 7.66. The molecule has 0 saturated carbocycles. The molecular formula is C26H35BrN2O3. The first kappa shape index (κ1) is 25.9. The smallest absolute Gasteiger partial charge is 0.261 e. The highest BCUT2D eigenvalue weighted by atomic mass is 79.9. The summed E-state index contributed by atoms with van der Waals surface area (Å²) < 4.78 is 6.67. The van der Waals surface area contributed by atoms with E-state index in [1.807, 2.05) is 69.3 Å². The van der Waals surface area contributed by atoms with Crippen LogP contribution >= 0.6 is 15.9 Å². The number of carbonyl (C=O) groups excluding carboxylic acids is 2. The first-order valence-corrected chi connectivity index (χ1v) is 12.1. The van der Waals surface area contributed by atoms with Crippen molar-refractivity contribution in [1.82, 2.24) is 10.2 Å². The van der Waals surface area contributed by atoms with Gasteiger partial charge in [-0.05, 0) is 57.4 Å². The number of hydrogen-bond donors (Lipinski definition) is 1. The average molecular weight is 503 g/mol. The standard InChI is InChI=1S/C26H35BrN2O3/c1-6-23(26(31)28-15-18(2)3)29(16-20-10-8-7-9-11-20)25(30)17-32-24-13-12-21(19(4)5)14-22(24)27/h7-14,18-19,23H,6,15-17H2,1-5H3,(H,28,31). The minimum atomic E-state index is -0.559. The Kier molecular flexibility index (Phi) is 10.2. The Morgan fingerprint density at radius 3 is 2.31 bits per heavy atom. The topological polar surface area (TPSA) is 58.6 Å². The molecule has 2 rings (SSSR count). The first-order chi connectivity index (χ1) is 15.2. The third-order valence-corrected chi connectivity index (χ3v) is 5.86. The molecule has 0 fully saturated rings. The van der Waals surface area contributed by atoms with Gasteiger partial charge in [-0.3, -0.25) is 9.59 Å². The molecule has 0 saturated heterocycles. The first-order valence-electron chi connectivity index (χ1n) is 11.3. The van der Waals surface area contributed by atoms with Crippen molar-refractivity contribution >= 4 is 27.7 Å². The molecule has 0 bridgehead atoms. The van der Waals surface area contributed by atoms with Crippen LogP contribution in [-0.4, -0.2) is 35.9 Å². The van der Waals surface area contributed by atoms with E-state index >= 15 is 0 Å². The zero-order valence-corrected chi connectivity index (χ0v) is 21.3. The molecule has 0 aliphatic carbocycles. The Balaban J connectivity index is 2.18. The summed E-state index contributed by atoms with van der Waals surface area (Å²) in [5.41, 5.74) is 2.16. The van der Waals surface area contributed by atoms with E-state index < -0.39 is 6.04 Å². The normalized spacial score (nSPS) is 12.0. The number of amides is 2. The average Bonchev–Trinajstić information content (AvgIpc) is 2.77. The number of hydrogen-bond acceptors (Lipinski definition) is 3. The van der Waals surface area contributed by atoms with Crippen molar-refractivity contribution in [3.05, 3.63) is 64.1 Å². The van der Waals surface area contributed by atoms with Gasteiger partial charge in [0.05, 0.1) is 4.47 Å². The van der Waals surface area contributed by atoms with Crippen LogP contribution in [-0.2, 0) is 16.1 Å². The van der Waals surface area contributed by atoms with Gasteiger partial charge in [0.15, 0.2) is 6.61 Å². The van der Waals surface area contributed by atoms with Crippen LogP contribution in [0.3, 0.4) is 0 Å². The highest BCUT2D eigenvalue weighted by Crippen LogP contribution is 2.29.